The number of methoxy groups -OCH3 is 1. The van der Waals surface area contributed by atoms with Gasteiger partial charge in [-0.3, -0.25) is 4.79 Å². The highest BCUT2D eigenvalue weighted by Crippen LogP contribution is 2.27. The summed E-state index contributed by atoms with van der Waals surface area (Å²) in [5.41, 5.74) is 0.331. The molecule has 126 valence electrons. The lowest BCUT2D eigenvalue weighted by molar-refractivity contribution is -0.287. The first-order valence-corrected chi connectivity index (χ1v) is 7.23. The highest BCUT2D eigenvalue weighted by atomic mass is 16.7. The molecule has 1 fully saturated rings. The van der Waals surface area contributed by atoms with Gasteiger partial charge in [0.05, 0.1) is 11.7 Å². The first kappa shape index (κ1) is 17.4. The van der Waals surface area contributed by atoms with E-state index in [1.165, 1.54) is 14.0 Å². The lowest BCUT2D eigenvalue weighted by Crippen LogP contribution is -2.59. The lowest BCUT2D eigenvalue weighted by Gasteiger charge is -2.41. The monoisotopic (exact) mass is 324 g/mol. The van der Waals surface area contributed by atoms with Crippen LogP contribution in [0.25, 0.3) is 0 Å². The molecule has 0 bridgehead atoms. The second-order valence-corrected chi connectivity index (χ2v) is 5.25. The molecule has 7 heteroatoms. The molecule has 0 aromatic heterocycles. The zero-order valence-electron chi connectivity index (χ0n) is 13.2. The van der Waals surface area contributed by atoms with Crippen molar-refractivity contribution in [3.8, 4) is 0 Å². The highest BCUT2D eigenvalue weighted by molar-refractivity contribution is 5.89. The van der Waals surface area contributed by atoms with Crippen molar-refractivity contribution in [1.82, 2.24) is 0 Å². The number of ether oxygens (including phenoxy) is 4. The molecule has 2 rings (SSSR count). The minimum absolute atomic E-state index is 0.331. The van der Waals surface area contributed by atoms with Crippen LogP contribution in [0.5, 0.6) is 0 Å². The van der Waals surface area contributed by atoms with Crippen molar-refractivity contribution in [3.05, 3.63) is 35.9 Å². The summed E-state index contributed by atoms with van der Waals surface area (Å²) in [6, 6.07) is 8.34. The highest BCUT2D eigenvalue weighted by Gasteiger charge is 2.47. The molecule has 23 heavy (non-hydrogen) atoms. The minimum Gasteiger partial charge on any atom is -0.457 e. The fourth-order valence-electron chi connectivity index (χ4n) is 2.43. The van der Waals surface area contributed by atoms with Crippen LogP contribution in [0.15, 0.2) is 30.3 Å². The number of hydrogen-bond acceptors (Lipinski definition) is 7. The predicted octanol–water partition coefficient (Wildman–Crippen LogP) is 0.896. The predicted molar refractivity (Wildman–Crippen MR) is 78.6 cm³/mol. The molecule has 5 atom stereocenters. The summed E-state index contributed by atoms with van der Waals surface area (Å²) in [6.07, 6.45) is -4.90. The van der Waals surface area contributed by atoms with Crippen molar-refractivity contribution in [1.29, 1.82) is 0 Å². The molecule has 0 unspecified atom stereocenters. The van der Waals surface area contributed by atoms with Gasteiger partial charge in [-0.25, -0.2) is 4.79 Å². The molecule has 1 N–H and O–H groups in total. The summed E-state index contributed by atoms with van der Waals surface area (Å²) < 4.78 is 21.1. The third kappa shape index (κ3) is 4.07. The zero-order chi connectivity index (χ0) is 17.0. The van der Waals surface area contributed by atoms with Crippen molar-refractivity contribution in [2.45, 2.75) is 44.6 Å². The molecular weight excluding hydrogens is 304 g/mol. The lowest BCUT2D eigenvalue weighted by atomic mass is 9.99. The third-order valence-corrected chi connectivity index (χ3v) is 3.54. The second kappa shape index (κ2) is 7.54. The van der Waals surface area contributed by atoms with Crippen molar-refractivity contribution in [2.75, 3.05) is 7.11 Å². The number of hydrogen-bond donors (Lipinski definition) is 1. The fourth-order valence-corrected chi connectivity index (χ4v) is 2.43. The Bertz CT molecular complexity index is 545. The second-order valence-electron chi connectivity index (χ2n) is 5.25. The molecule has 0 radical (unpaired) electrons. The molecule has 0 amide bonds. The smallest absolute Gasteiger partial charge is 0.338 e. The van der Waals surface area contributed by atoms with Crippen LogP contribution in [0.4, 0.5) is 0 Å². The largest absolute Gasteiger partial charge is 0.457 e. The van der Waals surface area contributed by atoms with Crippen LogP contribution >= 0.6 is 0 Å². The topological polar surface area (TPSA) is 91.3 Å². The van der Waals surface area contributed by atoms with E-state index >= 15 is 0 Å². The van der Waals surface area contributed by atoms with Gasteiger partial charge in [-0.05, 0) is 19.1 Å². The van der Waals surface area contributed by atoms with Crippen molar-refractivity contribution >= 4 is 11.9 Å². The van der Waals surface area contributed by atoms with Crippen LogP contribution in [-0.4, -0.2) is 54.9 Å². The Hall–Kier alpha value is -1.96. The van der Waals surface area contributed by atoms with E-state index in [-0.39, 0.29) is 0 Å². The van der Waals surface area contributed by atoms with Crippen LogP contribution in [0.1, 0.15) is 24.2 Å². The van der Waals surface area contributed by atoms with E-state index in [0.717, 1.165) is 0 Å². The molecule has 0 saturated carbocycles. The van der Waals surface area contributed by atoms with Crippen LogP contribution in [0, 0.1) is 0 Å². The van der Waals surface area contributed by atoms with Gasteiger partial charge in [0.1, 0.15) is 6.10 Å². The summed E-state index contributed by atoms with van der Waals surface area (Å²) >= 11 is 0. The van der Waals surface area contributed by atoms with Gasteiger partial charge in [0.2, 0.25) is 0 Å². The number of esters is 2. The van der Waals surface area contributed by atoms with E-state index in [2.05, 4.69) is 0 Å². The zero-order valence-corrected chi connectivity index (χ0v) is 13.2. The normalized spacial score (nSPS) is 30.5. The van der Waals surface area contributed by atoms with Crippen molar-refractivity contribution in [3.63, 3.8) is 0 Å². The number of aliphatic hydroxyl groups excluding tert-OH is 1. The first-order chi connectivity index (χ1) is 10.9. The Balaban J connectivity index is 2.16. The summed E-state index contributed by atoms with van der Waals surface area (Å²) in [7, 11) is 1.37. The molecule has 7 nitrogen and oxygen atoms in total. The molecule has 1 aromatic carbocycles. The number of carbonyl (C=O) groups is 2. The summed E-state index contributed by atoms with van der Waals surface area (Å²) in [6.45, 7) is 2.87. The Labute approximate surface area is 134 Å². The molecule has 0 aliphatic carbocycles. The SMILES string of the molecule is CO[C@@H]1O[C@@H](C)[C@H](OC(C)=O)[C@@H](O)[C@H]1OC(=O)c1ccccc1. The van der Waals surface area contributed by atoms with Gasteiger partial charge >= 0.3 is 11.9 Å². The van der Waals surface area contributed by atoms with Gasteiger partial charge in [0, 0.05) is 14.0 Å². The maximum absolute atomic E-state index is 12.2. The minimum atomic E-state index is -1.26. The quantitative estimate of drug-likeness (QED) is 0.823. The summed E-state index contributed by atoms with van der Waals surface area (Å²) in [5.74, 6) is -1.19. The van der Waals surface area contributed by atoms with Crippen LogP contribution in [0.3, 0.4) is 0 Å². The average Bonchev–Trinajstić information content (AvgIpc) is 2.54. The number of aliphatic hydroxyl groups is 1. The van der Waals surface area contributed by atoms with E-state index in [1.54, 1.807) is 37.3 Å². The maximum Gasteiger partial charge on any atom is 0.338 e. The summed E-state index contributed by atoms with van der Waals surface area (Å²) in [4.78, 5) is 23.4. The first-order valence-electron chi connectivity index (χ1n) is 7.23. The standard InChI is InChI=1S/C16H20O7/c1-9-13(22-10(2)17)12(18)14(16(20-3)21-9)23-15(19)11-7-5-4-6-8-11/h4-9,12-14,16,18H,1-3H3/t9-,12+,13-,14+,16+/m0/s1. The molecule has 0 spiro atoms. The number of carbonyl (C=O) groups excluding carboxylic acids is 2. The number of benzene rings is 1. The molecule has 1 heterocycles. The molecule has 1 aliphatic rings. The van der Waals surface area contributed by atoms with Crippen LogP contribution in [-0.2, 0) is 23.7 Å². The Kier molecular flexibility index (Phi) is 5.70. The summed E-state index contributed by atoms with van der Waals surface area (Å²) in [5, 5.41) is 10.4. The molecule has 1 saturated heterocycles. The van der Waals surface area contributed by atoms with Gasteiger partial charge in [-0.1, -0.05) is 18.2 Å². The van der Waals surface area contributed by atoms with E-state index in [4.69, 9.17) is 18.9 Å². The Morgan fingerprint density at radius 1 is 1.13 bits per heavy atom. The van der Waals surface area contributed by atoms with Crippen molar-refractivity contribution < 1.29 is 33.6 Å². The Morgan fingerprint density at radius 3 is 2.35 bits per heavy atom. The van der Waals surface area contributed by atoms with Gasteiger partial charge in [-0.2, -0.15) is 0 Å². The average molecular weight is 324 g/mol. The fraction of sp³-hybridized carbons (Fsp3) is 0.500. The van der Waals surface area contributed by atoms with Crippen LogP contribution in [0.2, 0.25) is 0 Å². The van der Waals surface area contributed by atoms with E-state index in [0.29, 0.717) is 5.56 Å². The van der Waals surface area contributed by atoms with E-state index in [1.807, 2.05) is 0 Å². The maximum atomic E-state index is 12.2. The van der Waals surface area contributed by atoms with Gasteiger partial charge in [0.25, 0.3) is 0 Å². The molecule has 1 aliphatic heterocycles. The van der Waals surface area contributed by atoms with E-state index in [9.17, 15) is 14.7 Å². The molecule has 1 aromatic rings. The van der Waals surface area contributed by atoms with Gasteiger partial charge < -0.3 is 24.1 Å². The van der Waals surface area contributed by atoms with Crippen LogP contribution < -0.4 is 0 Å². The Morgan fingerprint density at radius 2 is 1.78 bits per heavy atom. The van der Waals surface area contributed by atoms with E-state index < -0.39 is 42.6 Å². The molecular formula is C16H20O7. The van der Waals surface area contributed by atoms with Gasteiger partial charge in [0.15, 0.2) is 18.5 Å². The third-order valence-electron chi connectivity index (χ3n) is 3.54. The van der Waals surface area contributed by atoms with Crippen molar-refractivity contribution in [2.24, 2.45) is 0 Å². The van der Waals surface area contributed by atoms with Gasteiger partial charge in [-0.15, -0.1) is 0 Å². The number of rotatable bonds is 4.